The molecule has 0 aliphatic heterocycles. The molecule has 0 spiro atoms. The zero-order valence-corrected chi connectivity index (χ0v) is 22.5. The van der Waals surface area contributed by atoms with E-state index >= 15 is 0 Å². The molecule has 2 saturated carbocycles. The highest BCUT2D eigenvalue weighted by molar-refractivity contribution is 7.90. The summed E-state index contributed by atoms with van der Waals surface area (Å²) in [5.41, 5.74) is 4.39. The van der Waals surface area contributed by atoms with Crippen LogP contribution in [0.3, 0.4) is 0 Å². The molecule has 1 aromatic heterocycles. The van der Waals surface area contributed by atoms with Crippen molar-refractivity contribution >= 4 is 26.4 Å². The molecule has 2 aliphatic carbocycles. The van der Waals surface area contributed by atoms with Crippen LogP contribution in [-0.4, -0.2) is 24.2 Å². The van der Waals surface area contributed by atoms with Gasteiger partial charge < -0.3 is 0 Å². The number of fused-ring (bicyclic) bond motifs is 1. The number of aryl methyl sites for hydroxylation is 1. The van der Waals surface area contributed by atoms with Crippen LogP contribution >= 0.6 is 0 Å². The van der Waals surface area contributed by atoms with E-state index in [0.717, 1.165) is 36.0 Å². The van der Waals surface area contributed by atoms with Crippen molar-refractivity contribution in [1.82, 2.24) is 9.97 Å². The van der Waals surface area contributed by atoms with Gasteiger partial charge in [0.15, 0.2) is 9.84 Å². The zero-order chi connectivity index (χ0) is 26.3. The maximum Gasteiger partial charge on any atom is 0.185 e. The van der Waals surface area contributed by atoms with Gasteiger partial charge in [-0.2, -0.15) is 0 Å². The van der Waals surface area contributed by atoms with Crippen LogP contribution in [0, 0.1) is 12.8 Å². The first-order valence-electron chi connectivity index (χ1n) is 13.5. The van der Waals surface area contributed by atoms with Gasteiger partial charge in [-0.1, -0.05) is 61.4 Å². The van der Waals surface area contributed by atoms with Crippen molar-refractivity contribution in [1.29, 1.82) is 0 Å². The van der Waals surface area contributed by atoms with E-state index in [1.54, 1.807) is 24.5 Å². The van der Waals surface area contributed by atoms with E-state index in [2.05, 4.69) is 47.2 Å². The summed E-state index contributed by atoms with van der Waals surface area (Å²) < 4.78 is 26.0. The lowest BCUT2D eigenvalue weighted by molar-refractivity contribution is -0.119. The minimum Gasteiger partial charge on any atom is -0.299 e. The molecule has 2 atom stereocenters. The topological polar surface area (TPSA) is 77.0 Å². The maximum absolute atomic E-state index is 13.0. The largest absolute Gasteiger partial charge is 0.299 e. The first-order valence-corrected chi connectivity index (χ1v) is 15.2. The Hall–Kier alpha value is -3.38. The van der Waals surface area contributed by atoms with Gasteiger partial charge in [-0.25, -0.2) is 18.4 Å². The van der Waals surface area contributed by atoms with Gasteiger partial charge in [-0.3, -0.25) is 4.79 Å². The van der Waals surface area contributed by atoms with Crippen molar-refractivity contribution in [2.75, 3.05) is 0 Å². The van der Waals surface area contributed by atoms with Gasteiger partial charge in [0.1, 0.15) is 17.4 Å². The fourth-order valence-corrected chi connectivity index (χ4v) is 7.13. The van der Waals surface area contributed by atoms with Gasteiger partial charge in [-0.15, -0.1) is 0 Å². The van der Waals surface area contributed by atoms with E-state index in [1.807, 2.05) is 18.2 Å². The second kappa shape index (κ2) is 10.1. The number of benzene rings is 3. The van der Waals surface area contributed by atoms with Crippen LogP contribution in [0.2, 0.25) is 0 Å². The van der Waals surface area contributed by atoms with Crippen LogP contribution in [0.25, 0.3) is 10.8 Å². The molecule has 5 nitrogen and oxygen atoms in total. The number of nitrogens with zero attached hydrogens (tertiary/aromatic N) is 2. The Morgan fingerprint density at radius 2 is 1.66 bits per heavy atom. The molecular weight excluding hydrogens is 492 g/mol. The van der Waals surface area contributed by atoms with Gasteiger partial charge in [0, 0.05) is 24.7 Å². The quantitative estimate of drug-likeness (QED) is 0.263. The highest BCUT2D eigenvalue weighted by Gasteiger charge is 2.43. The van der Waals surface area contributed by atoms with Crippen molar-refractivity contribution in [3.63, 3.8) is 0 Å². The van der Waals surface area contributed by atoms with Crippen LogP contribution in [-0.2, 0) is 26.8 Å². The number of aromatic nitrogens is 2. The smallest absolute Gasteiger partial charge is 0.185 e. The molecule has 2 aliphatic rings. The Morgan fingerprint density at radius 1 is 0.921 bits per heavy atom. The van der Waals surface area contributed by atoms with Gasteiger partial charge >= 0.3 is 0 Å². The van der Waals surface area contributed by atoms with Gasteiger partial charge in [-0.05, 0) is 83.2 Å². The Labute approximate surface area is 224 Å². The number of ketones is 1. The summed E-state index contributed by atoms with van der Waals surface area (Å²) in [4.78, 5) is 22.0. The van der Waals surface area contributed by atoms with Gasteiger partial charge in [0.2, 0.25) is 0 Å². The third-order valence-electron chi connectivity index (χ3n) is 8.29. The summed E-state index contributed by atoms with van der Waals surface area (Å²) in [6, 6.07) is 19.5. The molecule has 0 N–H and O–H groups in total. The lowest BCUT2D eigenvalue weighted by atomic mass is 9.98. The van der Waals surface area contributed by atoms with Crippen LogP contribution in [0.4, 0.5) is 0 Å². The SMILES string of the molecule is Cc1cccc2ccc(CC(=O)[C@@H]3C[C@H]3c3ccc(S(=O)(=O)Cc4ncc(C5CCCC5)cn4)cc3)cc12. The van der Waals surface area contributed by atoms with E-state index in [9.17, 15) is 13.2 Å². The molecule has 0 unspecified atom stereocenters. The number of hydrogen-bond acceptors (Lipinski definition) is 5. The van der Waals surface area contributed by atoms with Crippen LogP contribution in [0.15, 0.2) is 78.0 Å². The second-order valence-corrected chi connectivity index (χ2v) is 13.0. The Bertz CT molecular complexity index is 1590. The number of rotatable bonds is 8. The Morgan fingerprint density at radius 3 is 2.39 bits per heavy atom. The lowest BCUT2D eigenvalue weighted by Crippen LogP contribution is -2.09. The summed E-state index contributed by atoms with van der Waals surface area (Å²) in [5, 5.41) is 2.38. The molecule has 4 aromatic rings. The first kappa shape index (κ1) is 24.9. The standard InChI is InChI=1S/C32H32N2O3S/c1-21-5-4-8-24-10-9-22(15-28(21)24)16-31(35)30-17-29(30)25-11-13-27(14-12-25)38(36,37)20-32-33-18-26(19-34-32)23-6-2-3-7-23/h4-5,8-15,18-19,23,29-30H,2-3,6-7,16-17,20H2,1H3/t29-,30+/m0/s1. The lowest BCUT2D eigenvalue weighted by Gasteiger charge is -2.09. The number of sulfone groups is 1. The summed E-state index contributed by atoms with van der Waals surface area (Å²) in [6.45, 7) is 2.09. The minimum atomic E-state index is -3.55. The Kier molecular flexibility index (Phi) is 6.60. The number of carbonyl (C=O) groups excluding carboxylic acids is 1. The monoisotopic (exact) mass is 524 g/mol. The van der Waals surface area contributed by atoms with Crippen molar-refractivity contribution in [2.45, 2.75) is 67.9 Å². The number of Topliss-reactive ketones (excluding diaryl/α,β-unsaturated/α-hetero) is 1. The molecule has 194 valence electrons. The van der Waals surface area contributed by atoms with E-state index in [0.29, 0.717) is 18.2 Å². The van der Waals surface area contributed by atoms with Crippen molar-refractivity contribution in [3.8, 4) is 0 Å². The predicted octanol–water partition coefficient (Wildman–Crippen LogP) is 6.49. The predicted molar refractivity (Wildman–Crippen MR) is 149 cm³/mol. The fraction of sp³-hybridized carbons (Fsp3) is 0.344. The minimum absolute atomic E-state index is 0.00296. The molecular formula is C32H32N2O3S. The average Bonchev–Trinajstić information content (AvgIpc) is 3.54. The first-order chi connectivity index (χ1) is 18.4. The maximum atomic E-state index is 13.0. The molecule has 6 rings (SSSR count). The van der Waals surface area contributed by atoms with E-state index in [4.69, 9.17) is 0 Å². The van der Waals surface area contributed by atoms with Gasteiger partial charge in [0.25, 0.3) is 0 Å². The van der Waals surface area contributed by atoms with Crippen molar-refractivity contribution < 1.29 is 13.2 Å². The highest BCUT2D eigenvalue weighted by atomic mass is 32.2. The van der Waals surface area contributed by atoms with Crippen LogP contribution in [0.1, 0.15) is 72.0 Å². The normalized spacial score (nSPS) is 19.6. The van der Waals surface area contributed by atoms with Crippen molar-refractivity contribution in [2.24, 2.45) is 5.92 Å². The summed E-state index contributed by atoms with van der Waals surface area (Å²) in [7, 11) is -3.55. The number of carbonyl (C=O) groups is 1. The Balaban J connectivity index is 1.08. The molecule has 1 heterocycles. The highest BCUT2D eigenvalue weighted by Crippen LogP contribution is 2.48. The average molecular weight is 525 g/mol. The molecule has 0 amide bonds. The fourth-order valence-electron chi connectivity index (χ4n) is 5.92. The zero-order valence-electron chi connectivity index (χ0n) is 21.6. The van der Waals surface area contributed by atoms with Gasteiger partial charge in [0.05, 0.1) is 4.90 Å². The second-order valence-electron chi connectivity index (χ2n) is 11.0. The third-order valence-corrected chi connectivity index (χ3v) is 9.91. The van der Waals surface area contributed by atoms with Crippen LogP contribution in [0.5, 0.6) is 0 Å². The number of hydrogen-bond donors (Lipinski definition) is 0. The van der Waals surface area contributed by atoms with E-state index in [1.165, 1.54) is 29.2 Å². The van der Waals surface area contributed by atoms with Crippen molar-refractivity contribution in [3.05, 3.63) is 101 Å². The van der Waals surface area contributed by atoms with E-state index in [-0.39, 0.29) is 28.3 Å². The third kappa shape index (κ3) is 5.14. The molecule has 38 heavy (non-hydrogen) atoms. The summed E-state index contributed by atoms with van der Waals surface area (Å²) in [6.07, 6.45) is 9.61. The molecule has 0 radical (unpaired) electrons. The molecule has 2 fully saturated rings. The molecule has 0 bridgehead atoms. The molecule has 0 saturated heterocycles. The molecule has 6 heteroatoms. The van der Waals surface area contributed by atoms with E-state index < -0.39 is 9.84 Å². The molecule has 3 aromatic carbocycles. The van der Waals surface area contributed by atoms with Crippen LogP contribution < -0.4 is 0 Å². The summed E-state index contributed by atoms with van der Waals surface area (Å²) >= 11 is 0. The summed E-state index contributed by atoms with van der Waals surface area (Å²) in [5.74, 6) is 1.02.